The van der Waals surface area contributed by atoms with E-state index >= 15 is 0 Å². The number of amides is 6. The van der Waals surface area contributed by atoms with Gasteiger partial charge in [0.2, 0.25) is 35.4 Å². The van der Waals surface area contributed by atoms with Gasteiger partial charge in [-0.2, -0.15) is 11.8 Å². The maximum absolute atomic E-state index is 14.4. The summed E-state index contributed by atoms with van der Waals surface area (Å²) in [4.78, 5) is 89.6. The third-order valence-electron chi connectivity index (χ3n) is 10.5. The third kappa shape index (κ3) is 15.7. The Balaban J connectivity index is 1.61. The number of aromatic nitrogens is 1. The molecule has 6 amide bonds. The molecule has 2 heterocycles. The molecule has 1 fully saturated rings. The van der Waals surface area contributed by atoms with Crippen molar-refractivity contribution < 1.29 is 28.8 Å². The number of piperidine rings is 1. The Kier molecular flexibility index (Phi) is 19.4. The smallest absolute Gasteiger partial charge is 0.243 e. The zero-order valence-electron chi connectivity index (χ0n) is 35.3. The molecule has 0 bridgehead atoms. The molecular formula is C43H63N11O6S. The van der Waals surface area contributed by atoms with Crippen molar-refractivity contribution in [2.75, 3.05) is 25.1 Å². The van der Waals surface area contributed by atoms with Gasteiger partial charge in [-0.05, 0) is 80.2 Å². The molecule has 1 aromatic heterocycles. The molecule has 17 nitrogen and oxygen atoms in total. The van der Waals surface area contributed by atoms with Crippen molar-refractivity contribution in [3.05, 3.63) is 71.9 Å². The fraction of sp³-hybridized carbons (Fsp3) is 0.512. The van der Waals surface area contributed by atoms with E-state index in [1.165, 1.54) is 11.8 Å². The average molecular weight is 862 g/mol. The molecule has 61 heavy (non-hydrogen) atoms. The van der Waals surface area contributed by atoms with Crippen molar-refractivity contribution in [3.63, 3.8) is 0 Å². The summed E-state index contributed by atoms with van der Waals surface area (Å²) >= 11 is 1.50. The minimum atomic E-state index is -1.19. The summed E-state index contributed by atoms with van der Waals surface area (Å²) in [6.45, 7) is 4.61. The van der Waals surface area contributed by atoms with Gasteiger partial charge in [0.05, 0.1) is 6.04 Å². The molecular weight excluding hydrogens is 799 g/mol. The van der Waals surface area contributed by atoms with Crippen molar-refractivity contribution in [1.82, 2.24) is 36.9 Å². The van der Waals surface area contributed by atoms with Gasteiger partial charge < -0.3 is 54.1 Å². The van der Waals surface area contributed by atoms with Gasteiger partial charge in [-0.3, -0.25) is 33.8 Å². The van der Waals surface area contributed by atoms with Crippen LogP contribution in [0.4, 0.5) is 0 Å². The summed E-state index contributed by atoms with van der Waals surface area (Å²) in [5.41, 5.74) is 19.1. The average Bonchev–Trinajstić information content (AvgIpc) is 3.65. The van der Waals surface area contributed by atoms with E-state index in [4.69, 9.17) is 17.2 Å². The lowest BCUT2D eigenvalue weighted by atomic mass is 9.99. The molecule has 0 saturated carbocycles. The second kappa shape index (κ2) is 24.6. The van der Waals surface area contributed by atoms with Crippen LogP contribution in [0.15, 0.2) is 65.8 Å². The van der Waals surface area contributed by atoms with E-state index in [0.717, 1.165) is 34.9 Å². The van der Waals surface area contributed by atoms with Crippen molar-refractivity contribution in [3.8, 4) is 0 Å². The number of guanidine groups is 1. The maximum Gasteiger partial charge on any atom is 0.243 e. The molecule has 1 saturated heterocycles. The highest BCUT2D eigenvalue weighted by Gasteiger charge is 2.34. The van der Waals surface area contributed by atoms with E-state index in [-0.39, 0.29) is 56.4 Å². The number of carbonyl (C=O) groups excluding carboxylic acids is 6. The SMILES string of the molecule is CSCC[C@H](NC(=O)[C@H](CC(C)C)NC(=O)[C@@H](CCCN=C(N)N)NC(=O)[C@H](Cc1ccccc1)NC(=O)[C@@H](Cc1c[nH]c2ccccc12)NC(=O)[C@@H]1CCCCN1)C(N)=O. The standard InChI is InChI=1S/C43H63N11O6S/c1-26(2)22-34(40(58)50-31(37(44)55)18-21-61-3)52-39(57)33(17-11-20-48-43(45)46)51-41(59)35(23-27-12-5-4-6-13-27)53-42(60)36(54-38(56)32-16-9-10-19-47-32)24-28-25-49-30-15-8-7-14-29(28)30/h4-8,12-15,25-26,31-36,47,49H,9-11,16-24H2,1-3H3,(H2,44,55)(H,50,58)(H,51,59)(H,52,57)(H,53,60)(H,54,56)(H4,45,46,48)/t31-,32-,33+,34-,35-,36+/m0/s1. The molecule has 1 aliphatic rings. The molecule has 0 spiro atoms. The van der Waals surface area contributed by atoms with Gasteiger partial charge in [0.25, 0.3) is 0 Å². The van der Waals surface area contributed by atoms with Gasteiger partial charge >= 0.3 is 0 Å². The Hall–Kier alpha value is -5.62. The van der Waals surface area contributed by atoms with E-state index < -0.39 is 65.8 Å². The first kappa shape index (κ1) is 48.1. The Morgan fingerprint density at radius 1 is 0.754 bits per heavy atom. The van der Waals surface area contributed by atoms with Gasteiger partial charge in [-0.1, -0.05) is 68.8 Å². The van der Waals surface area contributed by atoms with E-state index in [9.17, 15) is 28.8 Å². The molecule has 13 N–H and O–H groups in total. The van der Waals surface area contributed by atoms with Crippen LogP contribution in [0.1, 0.15) is 69.9 Å². The summed E-state index contributed by atoms with van der Waals surface area (Å²) in [5, 5.41) is 18.3. The third-order valence-corrected chi connectivity index (χ3v) is 11.1. The van der Waals surface area contributed by atoms with Crippen LogP contribution < -0.4 is 49.1 Å². The van der Waals surface area contributed by atoms with Crippen LogP contribution in [0.2, 0.25) is 0 Å². The number of benzene rings is 2. The van der Waals surface area contributed by atoms with Gasteiger partial charge in [0.1, 0.15) is 30.2 Å². The fourth-order valence-electron chi connectivity index (χ4n) is 7.22. The number of nitrogens with zero attached hydrogens (tertiary/aromatic N) is 1. The first-order valence-corrected chi connectivity index (χ1v) is 22.3. The number of nitrogens with one attached hydrogen (secondary N) is 7. The molecule has 1 aliphatic heterocycles. The monoisotopic (exact) mass is 861 g/mol. The number of fused-ring (bicyclic) bond motifs is 1. The number of hydrogen-bond donors (Lipinski definition) is 10. The number of para-hydroxylation sites is 1. The minimum absolute atomic E-state index is 0.0405. The predicted octanol–water partition coefficient (Wildman–Crippen LogP) is 0.857. The van der Waals surface area contributed by atoms with E-state index in [0.29, 0.717) is 25.1 Å². The number of H-pyrrole nitrogens is 1. The number of carbonyl (C=O) groups is 6. The first-order valence-electron chi connectivity index (χ1n) is 20.9. The van der Waals surface area contributed by atoms with Crippen molar-refractivity contribution >= 4 is 64.1 Å². The van der Waals surface area contributed by atoms with Crippen LogP contribution in [0.3, 0.4) is 0 Å². The Bertz CT molecular complexity index is 1950. The van der Waals surface area contributed by atoms with Crippen molar-refractivity contribution in [2.24, 2.45) is 28.1 Å². The van der Waals surface area contributed by atoms with Crippen LogP contribution >= 0.6 is 11.8 Å². The van der Waals surface area contributed by atoms with Crippen LogP contribution in [-0.2, 0) is 41.6 Å². The fourth-order valence-corrected chi connectivity index (χ4v) is 7.69. The molecule has 2 aromatic carbocycles. The lowest BCUT2D eigenvalue weighted by molar-refractivity contribution is -0.135. The molecule has 0 aliphatic carbocycles. The molecule has 332 valence electrons. The van der Waals surface area contributed by atoms with Crippen LogP contribution in [-0.4, -0.2) is 108 Å². The highest BCUT2D eigenvalue weighted by molar-refractivity contribution is 7.98. The van der Waals surface area contributed by atoms with E-state index in [2.05, 4.69) is 41.9 Å². The number of thioether (sulfide) groups is 1. The van der Waals surface area contributed by atoms with E-state index in [1.54, 1.807) is 6.20 Å². The Morgan fingerprint density at radius 2 is 1.38 bits per heavy atom. The van der Waals surface area contributed by atoms with Crippen LogP contribution in [0, 0.1) is 5.92 Å². The first-order chi connectivity index (χ1) is 29.2. The molecule has 3 aromatic rings. The van der Waals surface area contributed by atoms with Crippen molar-refractivity contribution in [1.29, 1.82) is 0 Å². The highest BCUT2D eigenvalue weighted by atomic mass is 32.2. The highest BCUT2D eigenvalue weighted by Crippen LogP contribution is 2.20. The predicted molar refractivity (Wildman–Crippen MR) is 239 cm³/mol. The second-order valence-electron chi connectivity index (χ2n) is 15.8. The molecule has 4 rings (SSSR count). The second-order valence-corrected chi connectivity index (χ2v) is 16.8. The number of aromatic amines is 1. The molecule has 0 unspecified atom stereocenters. The topological polar surface area (TPSA) is 281 Å². The largest absolute Gasteiger partial charge is 0.370 e. The lowest BCUT2D eigenvalue weighted by Gasteiger charge is -2.28. The van der Waals surface area contributed by atoms with Crippen LogP contribution in [0.25, 0.3) is 10.9 Å². The molecule has 6 atom stereocenters. The van der Waals surface area contributed by atoms with Crippen LogP contribution in [0.5, 0.6) is 0 Å². The molecule has 18 heteroatoms. The maximum atomic E-state index is 14.4. The van der Waals surface area contributed by atoms with Gasteiger partial charge in [0.15, 0.2) is 5.96 Å². The summed E-state index contributed by atoms with van der Waals surface area (Å²) in [5.74, 6) is -3.10. The summed E-state index contributed by atoms with van der Waals surface area (Å²) < 4.78 is 0. The summed E-state index contributed by atoms with van der Waals surface area (Å²) in [6, 6.07) is 10.8. The Labute approximate surface area is 361 Å². The Morgan fingerprint density at radius 3 is 2.03 bits per heavy atom. The summed E-state index contributed by atoms with van der Waals surface area (Å²) in [6.07, 6.45) is 7.21. The van der Waals surface area contributed by atoms with Gasteiger partial charge in [-0.15, -0.1) is 0 Å². The quantitative estimate of drug-likeness (QED) is 0.0345. The number of aliphatic imine (C=N–C) groups is 1. The number of nitrogens with two attached hydrogens (primary N) is 3. The normalized spacial score (nSPS) is 16.3. The number of rotatable bonds is 24. The zero-order valence-corrected chi connectivity index (χ0v) is 36.2. The van der Waals surface area contributed by atoms with Gasteiger partial charge in [-0.25, -0.2) is 0 Å². The van der Waals surface area contributed by atoms with Crippen molar-refractivity contribution in [2.45, 2.75) is 108 Å². The lowest BCUT2D eigenvalue weighted by Crippen LogP contribution is -2.60. The van der Waals surface area contributed by atoms with E-state index in [1.807, 2.05) is 74.7 Å². The summed E-state index contributed by atoms with van der Waals surface area (Å²) in [7, 11) is 0. The van der Waals surface area contributed by atoms with Gasteiger partial charge in [0, 0.05) is 36.5 Å². The number of primary amides is 1. The minimum Gasteiger partial charge on any atom is -0.370 e. The number of hydrogen-bond acceptors (Lipinski definition) is 9. The zero-order chi connectivity index (χ0) is 44.3. The molecule has 0 radical (unpaired) electrons.